The van der Waals surface area contributed by atoms with Gasteiger partial charge in [0.15, 0.2) is 0 Å². The van der Waals surface area contributed by atoms with Crippen LogP contribution in [0.2, 0.25) is 0 Å². The second kappa shape index (κ2) is 6.89. The largest absolute Gasteiger partial charge is 0.271 e. The van der Waals surface area contributed by atoms with Gasteiger partial charge in [0.05, 0.1) is 11.9 Å². The van der Waals surface area contributed by atoms with Gasteiger partial charge in [0.2, 0.25) is 4.77 Å². The maximum atomic E-state index is 5.32. The number of H-pyrrole nitrogens is 1. The van der Waals surface area contributed by atoms with Crippen molar-refractivity contribution in [3.8, 4) is 17.2 Å². The van der Waals surface area contributed by atoms with Crippen LogP contribution < -0.4 is 0 Å². The van der Waals surface area contributed by atoms with Crippen LogP contribution in [0.25, 0.3) is 17.2 Å². The molecule has 0 spiro atoms. The summed E-state index contributed by atoms with van der Waals surface area (Å²) in [5.41, 5.74) is 3.83. The zero-order valence-electron chi connectivity index (χ0n) is 14.1. The van der Waals surface area contributed by atoms with Crippen LogP contribution in [0.1, 0.15) is 11.3 Å². The number of aromatic amines is 1. The normalized spacial score (nSPS) is 11.3. The Hall–Kier alpha value is -3.32. The van der Waals surface area contributed by atoms with Gasteiger partial charge < -0.3 is 0 Å². The summed E-state index contributed by atoms with van der Waals surface area (Å²) < 4.78 is 3.71. The number of nitrogens with one attached hydrogen (secondary N) is 1. The van der Waals surface area contributed by atoms with E-state index in [1.807, 2.05) is 73.7 Å². The monoisotopic (exact) mass is 360 g/mol. The molecule has 6 nitrogen and oxygen atoms in total. The Balaban J connectivity index is 1.75. The molecule has 0 saturated heterocycles. The SMILES string of the molecule is Cc1cc(-c2ccccc2)nn1-c1n[nH]c(=S)n1/N=C/c1ccccc1. The number of benzene rings is 2. The Bertz CT molecular complexity index is 1110. The maximum Gasteiger partial charge on any atom is 0.271 e. The van der Waals surface area contributed by atoms with Crippen LogP contribution in [0.3, 0.4) is 0 Å². The minimum Gasteiger partial charge on any atom is -0.248 e. The van der Waals surface area contributed by atoms with E-state index >= 15 is 0 Å². The molecule has 1 N–H and O–H groups in total. The van der Waals surface area contributed by atoms with E-state index in [0.717, 1.165) is 22.5 Å². The fraction of sp³-hybridized carbons (Fsp3) is 0.0526. The topological polar surface area (TPSA) is 63.8 Å². The average molecular weight is 360 g/mol. The fourth-order valence-corrected chi connectivity index (χ4v) is 2.79. The lowest BCUT2D eigenvalue weighted by atomic mass is 10.1. The molecule has 0 radical (unpaired) electrons. The molecule has 7 heteroatoms. The van der Waals surface area contributed by atoms with Crippen molar-refractivity contribution < 1.29 is 0 Å². The molecule has 4 rings (SSSR count). The standard InChI is InChI=1S/C19H16N6S/c1-14-12-17(16-10-6-3-7-11-16)23-24(14)18-21-22-19(26)25(18)20-13-15-8-4-2-5-9-15/h2-13H,1H3,(H,22,26)/b20-13+. The Morgan fingerprint density at radius 1 is 1.04 bits per heavy atom. The molecule has 128 valence electrons. The third-order valence-electron chi connectivity index (χ3n) is 3.90. The van der Waals surface area contributed by atoms with E-state index in [0.29, 0.717) is 10.7 Å². The Morgan fingerprint density at radius 3 is 2.46 bits per heavy atom. The van der Waals surface area contributed by atoms with Crippen LogP contribution in [0.4, 0.5) is 0 Å². The minimum atomic E-state index is 0.406. The van der Waals surface area contributed by atoms with Crippen LogP contribution in [0.15, 0.2) is 71.8 Å². The zero-order valence-corrected chi connectivity index (χ0v) is 14.9. The van der Waals surface area contributed by atoms with Gasteiger partial charge in [-0.1, -0.05) is 60.7 Å². The van der Waals surface area contributed by atoms with E-state index in [1.54, 1.807) is 15.6 Å². The van der Waals surface area contributed by atoms with Crippen LogP contribution in [0, 0.1) is 11.7 Å². The minimum absolute atomic E-state index is 0.406. The second-order valence-electron chi connectivity index (χ2n) is 5.74. The number of rotatable bonds is 4. The smallest absolute Gasteiger partial charge is 0.248 e. The maximum absolute atomic E-state index is 5.32. The van der Waals surface area contributed by atoms with E-state index in [2.05, 4.69) is 20.4 Å². The van der Waals surface area contributed by atoms with E-state index in [-0.39, 0.29) is 0 Å². The quantitative estimate of drug-likeness (QED) is 0.442. The first kappa shape index (κ1) is 16.2. The molecule has 0 fully saturated rings. The van der Waals surface area contributed by atoms with Crippen LogP contribution in [-0.4, -0.2) is 30.9 Å². The summed E-state index contributed by atoms with van der Waals surface area (Å²) in [4.78, 5) is 0. The molecule has 0 aliphatic carbocycles. The first-order valence-corrected chi connectivity index (χ1v) is 8.52. The van der Waals surface area contributed by atoms with Crippen LogP contribution >= 0.6 is 12.2 Å². The van der Waals surface area contributed by atoms with Crippen molar-refractivity contribution in [2.45, 2.75) is 6.92 Å². The van der Waals surface area contributed by atoms with E-state index in [4.69, 9.17) is 12.2 Å². The summed E-state index contributed by atoms with van der Waals surface area (Å²) in [6, 6.07) is 21.8. The second-order valence-corrected chi connectivity index (χ2v) is 6.13. The lowest BCUT2D eigenvalue weighted by Crippen LogP contribution is -2.07. The van der Waals surface area contributed by atoms with Gasteiger partial charge in [-0.15, -0.1) is 5.10 Å². The van der Waals surface area contributed by atoms with Crippen molar-refractivity contribution in [2.24, 2.45) is 5.10 Å². The molecular formula is C19H16N6S. The molecule has 2 aromatic heterocycles. The highest BCUT2D eigenvalue weighted by atomic mass is 32.1. The Morgan fingerprint density at radius 2 is 1.73 bits per heavy atom. The predicted molar refractivity (Wildman–Crippen MR) is 104 cm³/mol. The van der Waals surface area contributed by atoms with Gasteiger partial charge in [-0.05, 0) is 30.8 Å². The number of nitrogens with zero attached hydrogens (tertiary/aromatic N) is 5. The van der Waals surface area contributed by atoms with E-state index in [9.17, 15) is 0 Å². The number of aryl methyl sites for hydroxylation is 1. The highest BCUT2D eigenvalue weighted by Gasteiger charge is 2.13. The highest BCUT2D eigenvalue weighted by molar-refractivity contribution is 7.71. The Kier molecular flexibility index (Phi) is 4.28. The van der Waals surface area contributed by atoms with Gasteiger partial charge in [0, 0.05) is 11.3 Å². The van der Waals surface area contributed by atoms with E-state index in [1.165, 1.54) is 0 Å². The van der Waals surface area contributed by atoms with Gasteiger partial charge in [-0.3, -0.25) is 0 Å². The van der Waals surface area contributed by atoms with Crippen molar-refractivity contribution in [1.29, 1.82) is 0 Å². The van der Waals surface area contributed by atoms with Gasteiger partial charge in [-0.25, -0.2) is 9.78 Å². The lowest BCUT2D eigenvalue weighted by Gasteiger charge is -2.02. The summed E-state index contributed by atoms with van der Waals surface area (Å²) in [6.07, 6.45) is 1.74. The summed E-state index contributed by atoms with van der Waals surface area (Å²) in [6.45, 7) is 1.97. The third kappa shape index (κ3) is 3.12. The molecule has 0 unspecified atom stereocenters. The van der Waals surface area contributed by atoms with Gasteiger partial charge in [0.1, 0.15) is 0 Å². The van der Waals surface area contributed by atoms with Gasteiger partial charge in [0.25, 0.3) is 5.95 Å². The molecule has 0 saturated carbocycles. The van der Waals surface area contributed by atoms with Crippen molar-refractivity contribution >= 4 is 18.4 Å². The van der Waals surface area contributed by atoms with Crippen molar-refractivity contribution in [1.82, 2.24) is 24.7 Å². The molecule has 0 bridgehead atoms. The molecule has 2 heterocycles. The zero-order chi connectivity index (χ0) is 17.9. The van der Waals surface area contributed by atoms with Gasteiger partial charge >= 0.3 is 0 Å². The van der Waals surface area contributed by atoms with Crippen LogP contribution in [-0.2, 0) is 0 Å². The molecule has 0 amide bonds. The summed E-state index contributed by atoms with van der Waals surface area (Å²) in [7, 11) is 0. The van der Waals surface area contributed by atoms with Gasteiger partial charge in [-0.2, -0.15) is 14.9 Å². The lowest BCUT2D eigenvalue weighted by molar-refractivity contribution is 0.721. The number of hydrogen-bond donors (Lipinski definition) is 1. The summed E-state index contributed by atoms with van der Waals surface area (Å²) in [5.74, 6) is 0.516. The fourth-order valence-electron chi connectivity index (χ4n) is 2.61. The average Bonchev–Trinajstić information content (AvgIpc) is 3.24. The molecule has 26 heavy (non-hydrogen) atoms. The molecule has 0 atom stereocenters. The molecule has 2 aromatic carbocycles. The molecular weight excluding hydrogens is 344 g/mol. The highest BCUT2D eigenvalue weighted by Crippen LogP contribution is 2.20. The van der Waals surface area contributed by atoms with Crippen molar-refractivity contribution in [3.05, 3.63) is 82.8 Å². The first-order chi connectivity index (χ1) is 12.7. The molecule has 4 aromatic rings. The first-order valence-electron chi connectivity index (χ1n) is 8.11. The predicted octanol–water partition coefficient (Wildman–Crippen LogP) is 3.98. The van der Waals surface area contributed by atoms with E-state index < -0.39 is 0 Å². The molecule has 0 aliphatic rings. The molecule has 0 aliphatic heterocycles. The third-order valence-corrected chi connectivity index (χ3v) is 4.17. The summed E-state index contributed by atoms with van der Waals surface area (Å²) in [5, 5.41) is 16.2. The number of aromatic nitrogens is 5. The van der Waals surface area contributed by atoms with Crippen molar-refractivity contribution in [2.75, 3.05) is 0 Å². The number of hydrogen-bond acceptors (Lipinski definition) is 4. The van der Waals surface area contributed by atoms with Crippen molar-refractivity contribution in [3.63, 3.8) is 0 Å². The summed E-state index contributed by atoms with van der Waals surface area (Å²) >= 11 is 5.32. The Labute approximate surface area is 155 Å². The van der Waals surface area contributed by atoms with Crippen LogP contribution in [0.5, 0.6) is 0 Å².